The molecule has 0 spiro atoms. The Balaban J connectivity index is 1.30. The molecule has 12 nitrogen and oxygen atoms in total. The molecule has 3 aromatic heterocycles. The zero-order valence-corrected chi connectivity index (χ0v) is 28.2. The van der Waals surface area contributed by atoms with Crippen molar-refractivity contribution < 1.29 is 37.3 Å². The van der Waals surface area contributed by atoms with E-state index in [0.717, 1.165) is 23.9 Å². The molecule has 2 aromatic carbocycles. The number of hydrogen-bond donors (Lipinski definition) is 3. The Hall–Kier alpha value is -5.86. The number of carbonyl (C=O) groups is 2. The number of amides is 2. The number of halogens is 3. The van der Waals surface area contributed by atoms with Gasteiger partial charge in [0.05, 0.1) is 31.3 Å². The number of nitrogens with zero attached hydrogens (tertiary/aromatic N) is 5. The van der Waals surface area contributed by atoms with E-state index in [1.54, 1.807) is 36.2 Å². The Morgan fingerprint density at radius 2 is 1.65 bits per heavy atom. The highest BCUT2D eigenvalue weighted by Crippen LogP contribution is 2.39. The summed E-state index contributed by atoms with van der Waals surface area (Å²) in [5.41, 5.74) is 0.336. The third-order valence-electron chi connectivity index (χ3n) is 8.61. The van der Waals surface area contributed by atoms with E-state index in [4.69, 9.17) is 14.6 Å². The molecule has 0 bridgehead atoms. The van der Waals surface area contributed by atoms with E-state index in [9.17, 15) is 27.9 Å². The van der Waals surface area contributed by atoms with Crippen LogP contribution in [0.4, 0.5) is 29.6 Å². The van der Waals surface area contributed by atoms with Crippen LogP contribution in [0.5, 0.6) is 17.2 Å². The fourth-order valence-electron chi connectivity index (χ4n) is 6.34. The van der Waals surface area contributed by atoms with Crippen LogP contribution in [0.15, 0.2) is 79.1 Å². The molecule has 15 heteroatoms. The SMILES string of the molecule is COc1ccc(Cn2nc(NC3CCN(C(=O)O)C3C(C)(C)C)c3c(Oc4ccc(C(=O)Nc5cc(C(F)(F)F)ccn5)cc4)ccnc32)cc1. The lowest BCUT2D eigenvalue weighted by atomic mass is 9.82. The first-order chi connectivity index (χ1) is 24.2. The fourth-order valence-corrected chi connectivity index (χ4v) is 6.34. The van der Waals surface area contributed by atoms with Crippen molar-refractivity contribution in [3.05, 3.63) is 95.8 Å². The number of nitrogens with one attached hydrogen (secondary N) is 2. The number of ether oxygens (including phenoxy) is 2. The number of alkyl halides is 3. The summed E-state index contributed by atoms with van der Waals surface area (Å²) in [4.78, 5) is 34.9. The van der Waals surface area contributed by atoms with Crippen LogP contribution < -0.4 is 20.1 Å². The number of benzene rings is 2. The van der Waals surface area contributed by atoms with Gasteiger partial charge in [-0.15, -0.1) is 0 Å². The number of anilines is 2. The second-order valence-electron chi connectivity index (χ2n) is 13.2. The van der Waals surface area contributed by atoms with Gasteiger partial charge in [0.1, 0.15) is 28.5 Å². The first-order valence-corrected chi connectivity index (χ1v) is 16.1. The average molecular weight is 704 g/mol. The van der Waals surface area contributed by atoms with Gasteiger partial charge in [-0.2, -0.15) is 18.3 Å². The van der Waals surface area contributed by atoms with Crippen LogP contribution in [0.2, 0.25) is 0 Å². The highest BCUT2D eigenvalue weighted by Gasteiger charge is 2.44. The van der Waals surface area contributed by atoms with Gasteiger partial charge in [-0.1, -0.05) is 32.9 Å². The standard InChI is InChI=1S/C36H36F3N7O5/c1-35(2,3)30-26(15-18-45(30)34(48)49)42-31-29-27(14-17-41-32(29)46(44-31)20-21-5-9-24(50-4)10-6-21)51-25-11-7-22(8-12-25)33(47)43-28-19-23(13-16-40-28)36(37,38)39/h5-14,16-17,19,26,30H,15,18,20H2,1-4H3,(H,42,44)(H,48,49)(H,40,43,47). The first-order valence-electron chi connectivity index (χ1n) is 16.1. The molecule has 3 N–H and O–H groups in total. The van der Waals surface area contributed by atoms with Crippen LogP contribution in [0.1, 0.15) is 48.7 Å². The maximum atomic E-state index is 13.1. The number of carbonyl (C=O) groups excluding carboxylic acids is 1. The predicted octanol–water partition coefficient (Wildman–Crippen LogP) is 7.53. The van der Waals surface area contributed by atoms with Gasteiger partial charge in [0.25, 0.3) is 5.91 Å². The molecular formula is C36H36F3N7O5. The van der Waals surface area contributed by atoms with Crippen molar-refractivity contribution in [2.24, 2.45) is 5.41 Å². The molecule has 0 aliphatic carbocycles. The molecule has 2 atom stereocenters. The summed E-state index contributed by atoms with van der Waals surface area (Å²) in [6.45, 7) is 6.75. The predicted molar refractivity (Wildman–Crippen MR) is 183 cm³/mol. The first kappa shape index (κ1) is 35.0. The van der Waals surface area contributed by atoms with E-state index in [1.165, 1.54) is 17.0 Å². The van der Waals surface area contributed by atoms with Crippen molar-refractivity contribution in [2.45, 2.75) is 52.0 Å². The molecule has 51 heavy (non-hydrogen) atoms. The zero-order valence-electron chi connectivity index (χ0n) is 28.2. The van der Waals surface area contributed by atoms with Crippen LogP contribution in [0.3, 0.4) is 0 Å². The van der Waals surface area contributed by atoms with Crippen molar-refractivity contribution in [3.8, 4) is 17.2 Å². The normalized spacial score (nSPS) is 16.3. The van der Waals surface area contributed by atoms with Crippen molar-refractivity contribution in [1.82, 2.24) is 24.6 Å². The van der Waals surface area contributed by atoms with Gasteiger partial charge in [0.15, 0.2) is 11.5 Å². The maximum Gasteiger partial charge on any atom is 0.416 e. The van der Waals surface area contributed by atoms with Gasteiger partial charge >= 0.3 is 12.3 Å². The second-order valence-corrected chi connectivity index (χ2v) is 13.2. The molecule has 2 amide bonds. The molecule has 1 saturated heterocycles. The molecule has 2 unspecified atom stereocenters. The highest BCUT2D eigenvalue weighted by molar-refractivity contribution is 6.03. The number of hydrogen-bond acceptors (Lipinski definition) is 8. The fraction of sp³-hybridized carbons (Fsp3) is 0.306. The maximum absolute atomic E-state index is 13.1. The molecular weight excluding hydrogens is 667 g/mol. The van der Waals surface area contributed by atoms with E-state index < -0.39 is 23.7 Å². The molecule has 5 aromatic rings. The van der Waals surface area contributed by atoms with E-state index in [-0.39, 0.29) is 28.9 Å². The summed E-state index contributed by atoms with van der Waals surface area (Å²) in [5.74, 6) is 1.09. The molecule has 1 aliphatic rings. The van der Waals surface area contributed by atoms with Gasteiger partial charge in [0.2, 0.25) is 0 Å². The Kier molecular flexibility index (Phi) is 9.47. The van der Waals surface area contributed by atoms with Gasteiger partial charge in [0, 0.05) is 30.6 Å². The minimum atomic E-state index is -4.58. The molecule has 0 saturated carbocycles. The van der Waals surface area contributed by atoms with Crippen molar-refractivity contribution in [3.63, 3.8) is 0 Å². The molecule has 4 heterocycles. The van der Waals surface area contributed by atoms with Crippen LogP contribution in [0.25, 0.3) is 11.0 Å². The Morgan fingerprint density at radius 3 is 2.29 bits per heavy atom. The summed E-state index contributed by atoms with van der Waals surface area (Å²) in [6.07, 6.45) is -2.42. The summed E-state index contributed by atoms with van der Waals surface area (Å²) in [7, 11) is 1.60. The average Bonchev–Trinajstić information content (AvgIpc) is 3.68. The Labute approximate surface area is 291 Å². The van der Waals surface area contributed by atoms with Gasteiger partial charge in [-0.3, -0.25) is 4.79 Å². The molecule has 266 valence electrons. The van der Waals surface area contributed by atoms with Crippen molar-refractivity contribution in [1.29, 1.82) is 0 Å². The lowest BCUT2D eigenvalue weighted by molar-refractivity contribution is -0.137. The minimum Gasteiger partial charge on any atom is -0.497 e. The van der Waals surface area contributed by atoms with E-state index in [1.807, 2.05) is 45.0 Å². The number of carboxylic acid groups (broad SMARTS) is 1. The van der Waals surface area contributed by atoms with Gasteiger partial charge in [-0.05, 0) is 65.9 Å². The molecule has 1 fully saturated rings. The Bertz CT molecular complexity index is 2040. The summed E-state index contributed by atoms with van der Waals surface area (Å²) < 4.78 is 52.7. The van der Waals surface area contributed by atoms with E-state index in [2.05, 4.69) is 20.6 Å². The number of likely N-dealkylation sites (tertiary alicyclic amines) is 1. The van der Waals surface area contributed by atoms with Crippen LogP contribution in [-0.2, 0) is 12.7 Å². The molecule has 0 radical (unpaired) electrons. The molecule has 1 aliphatic heterocycles. The monoisotopic (exact) mass is 703 g/mol. The van der Waals surface area contributed by atoms with Gasteiger partial charge < -0.3 is 30.1 Å². The van der Waals surface area contributed by atoms with Gasteiger partial charge in [-0.25, -0.2) is 19.4 Å². The summed E-state index contributed by atoms with van der Waals surface area (Å²) in [5, 5.41) is 21.4. The summed E-state index contributed by atoms with van der Waals surface area (Å²) >= 11 is 0. The number of rotatable bonds is 9. The lowest BCUT2D eigenvalue weighted by Gasteiger charge is -2.37. The number of methoxy groups -OCH3 is 1. The third-order valence-corrected chi connectivity index (χ3v) is 8.61. The number of fused-ring (bicyclic) bond motifs is 1. The third kappa shape index (κ3) is 7.66. The van der Waals surface area contributed by atoms with Crippen LogP contribution >= 0.6 is 0 Å². The topological polar surface area (TPSA) is 144 Å². The number of pyridine rings is 2. The Morgan fingerprint density at radius 1 is 0.961 bits per heavy atom. The smallest absolute Gasteiger partial charge is 0.416 e. The molecule has 6 rings (SSSR count). The van der Waals surface area contributed by atoms with Crippen molar-refractivity contribution >= 4 is 34.7 Å². The quantitative estimate of drug-likeness (QED) is 0.142. The minimum absolute atomic E-state index is 0.175. The van der Waals surface area contributed by atoms with Crippen LogP contribution in [0, 0.1) is 5.41 Å². The number of aromatic nitrogens is 4. The van der Waals surface area contributed by atoms with E-state index in [0.29, 0.717) is 53.6 Å². The summed E-state index contributed by atoms with van der Waals surface area (Å²) in [6, 6.07) is 16.3. The highest BCUT2D eigenvalue weighted by atomic mass is 19.4. The van der Waals surface area contributed by atoms with E-state index >= 15 is 0 Å². The van der Waals surface area contributed by atoms with Crippen molar-refractivity contribution in [2.75, 3.05) is 24.3 Å². The lowest BCUT2D eigenvalue weighted by Crippen LogP contribution is -2.49. The largest absolute Gasteiger partial charge is 0.497 e. The van der Waals surface area contributed by atoms with Crippen LogP contribution in [-0.4, -0.2) is 67.5 Å². The second kappa shape index (κ2) is 13.8. The zero-order chi connectivity index (χ0) is 36.5.